The van der Waals surface area contributed by atoms with Gasteiger partial charge in [-0.1, -0.05) is 36.4 Å². The zero-order chi connectivity index (χ0) is 29.4. The molecule has 0 radical (unpaired) electrons. The number of pyridine rings is 1. The molecule has 1 unspecified atom stereocenters. The molecule has 2 aliphatic heterocycles. The number of carbonyl (C=O) groups is 4. The molecule has 3 heterocycles. The van der Waals surface area contributed by atoms with E-state index in [-0.39, 0.29) is 17.2 Å². The van der Waals surface area contributed by atoms with Gasteiger partial charge in [-0.3, -0.25) is 24.2 Å². The summed E-state index contributed by atoms with van der Waals surface area (Å²) in [4.78, 5) is 58.5. The summed E-state index contributed by atoms with van der Waals surface area (Å²) in [5.74, 6) is -1.24. The molecule has 7 rings (SSSR count). The summed E-state index contributed by atoms with van der Waals surface area (Å²) in [6.45, 7) is -2.35. The van der Waals surface area contributed by atoms with E-state index in [0.29, 0.717) is 36.3 Å². The minimum Gasteiger partial charge on any atom is -0.325 e. The quantitative estimate of drug-likeness (QED) is 0.462. The number of urea groups is 1. The molecule has 12 heteroatoms. The van der Waals surface area contributed by atoms with Crippen molar-refractivity contribution in [1.29, 1.82) is 0 Å². The van der Waals surface area contributed by atoms with Crippen LogP contribution in [0.15, 0.2) is 60.8 Å². The molecule has 2 spiro atoms. The highest BCUT2D eigenvalue weighted by atomic mass is 19.4. The number of imide groups is 1. The van der Waals surface area contributed by atoms with Crippen LogP contribution < -0.4 is 10.6 Å². The van der Waals surface area contributed by atoms with Gasteiger partial charge in [-0.2, -0.15) is 13.2 Å². The van der Waals surface area contributed by atoms with Gasteiger partial charge in [0, 0.05) is 17.4 Å². The predicted octanol–water partition coefficient (Wildman–Crippen LogP) is 3.68. The summed E-state index contributed by atoms with van der Waals surface area (Å²) in [7, 11) is 0. The molecule has 9 nitrogen and oxygen atoms in total. The number of hydrogen-bond donors (Lipinski definition) is 2. The summed E-state index contributed by atoms with van der Waals surface area (Å²) < 4.78 is 40.1. The van der Waals surface area contributed by atoms with E-state index in [9.17, 15) is 32.3 Å². The van der Waals surface area contributed by atoms with Crippen molar-refractivity contribution in [1.82, 2.24) is 14.8 Å². The van der Waals surface area contributed by atoms with Crippen molar-refractivity contribution in [2.24, 2.45) is 0 Å². The smallest absolute Gasteiger partial charge is 0.325 e. The van der Waals surface area contributed by atoms with E-state index in [4.69, 9.17) is 0 Å². The van der Waals surface area contributed by atoms with E-state index in [1.54, 1.807) is 48.7 Å². The van der Waals surface area contributed by atoms with E-state index in [1.165, 1.54) is 0 Å². The van der Waals surface area contributed by atoms with Gasteiger partial charge in [-0.05, 0) is 66.1 Å². The zero-order valence-corrected chi connectivity index (χ0v) is 22.1. The van der Waals surface area contributed by atoms with Gasteiger partial charge in [-0.15, -0.1) is 0 Å². The minimum absolute atomic E-state index is 0.0812. The maximum absolute atomic E-state index is 13.5. The van der Waals surface area contributed by atoms with E-state index >= 15 is 0 Å². The third-order valence-corrected chi connectivity index (χ3v) is 8.84. The second kappa shape index (κ2) is 8.88. The van der Waals surface area contributed by atoms with Crippen molar-refractivity contribution in [3.8, 4) is 0 Å². The third-order valence-electron chi connectivity index (χ3n) is 8.84. The van der Waals surface area contributed by atoms with E-state index in [2.05, 4.69) is 15.6 Å². The Morgan fingerprint density at radius 2 is 1.74 bits per heavy atom. The zero-order valence-electron chi connectivity index (χ0n) is 22.1. The van der Waals surface area contributed by atoms with Crippen LogP contribution in [0.2, 0.25) is 0 Å². The van der Waals surface area contributed by atoms with Gasteiger partial charge < -0.3 is 10.6 Å². The number of rotatable bonds is 4. The second-order valence-electron chi connectivity index (χ2n) is 11.2. The molecule has 2 atom stereocenters. The van der Waals surface area contributed by atoms with Crippen LogP contribution in [0, 0.1) is 0 Å². The summed E-state index contributed by atoms with van der Waals surface area (Å²) in [6.07, 6.45) is -1.84. The van der Waals surface area contributed by atoms with Crippen molar-refractivity contribution >= 4 is 35.3 Å². The molecule has 0 saturated carbocycles. The molecule has 2 N–H and O–H groups in total. The van der Waals surface area contributed by atoms with Crippen LogP contribution in [0.25, 0.3) is 0 Å². The highest BCUT2D eigenvalue weighted by molar-refractivity contribution is 6.10. The molecule has 1 fully saturated rings. The largest absolute Gasteiger partial charge is 0.406 e. The SMILES string of the molecule is O=C(CN1C(=O)N(CC(F)(F)F)C(=O)C12CCc1ccccc12)Nc1ccc2c(c1)C[C@@]1(C2)C(=O)Nc2ncccc21. The number of nitrogens with zero attached hydrogens (tertiary/aromatic N) is 3. The molecule has 4 aliphatic rings. The Morgan fingerprint density at radius 1 is 0.976 bits per heavy atom. The molecular weight excluding hydrogens is 551 g/mol. The highest BCUT2D eigenvalue weighted by Crippen LogP contribution is 2.49. The summed E-state index contributed by atoms with van der Waals surface area (Å²) in [5.41, 5.74) is 1.76. The standard InChI is InChI=1S/C30H24F3N5O4/c31-30(32,33)16-37-26(41)29(10-9-17-4-1-2-5-21(17)29)38(27(37)42)15-23(39)35-20-8-7-18-13-28(14-19(18)12-20)22-6-3-11-34-24(22)36-25(28)40/h1-8,11-12H,9-10,13-16H2,(H,35,39)(H,34,36,40)/t28-,29?/m1/s1. The first kappa shape index (κ1) is 26.2. The average molecular weight is 576 g/mol. The van der Waals surface area contributed by atoms with E-state index < -0.39 is 48.1 Å². The van der Waals surface area contributed by atoms with Crippen molar-refractivity contribution < 1.29 is 32.3 Å². The van der Waals surface area contributed by atoms with Crippen LogP contribution >= 0.6 is 0 Å². The Balaban J connectivity index is 1.15. The third kappa shape index (κ3) is 3.74. The fourth-order valence-corrected chi connectivity index (χ4v) is 7.04. The monoisotopic (exact) mass is 575 g/mol. The summed E-state index contributed by atoms with van der Waals surface area (Å²) >= 11 is 0. The molecule has 1 aromatic heterocycles. The van der Waals surface area contributed by atoms with Gasteiger partial charge in [0.15, 0.2) is 5.54 Å². The number of anilines is 2. The molecule has 2 aliphatic carbocycles. The van der Waals surface area contributed by atoms with Gasteiger partial charge in [0.2, 0.25) is 11.8 Å². The number of halogens is 3. The number of aromatic nitrogens is 1. The minimum atomic E-state index is -4.79. The van der Waals surface area contributed by atoms with Crippen molar-refractivity contribution in [2.75, 3.05) is 23.7 Å². The Kier molecular flexibility index (Phi) is 5.53. The predicted molar refractivity (Wildman–Crippen MR) is 143 cm³/mol. The van der Waals surface area contributed by atoms with E-state index in [1.807, 2.05) is 12.1 Å². The first-order valence-electron chi connectivity index (χ1n) is 13.5. The number of alkyl halides is 3. The molecule has 42 heavy (non-hydrogen) atoms. The number of amides is 5. The number of benzene rings is 2. The lowest BCUT2D eigenvalue weighted by atomic mass is 9.79. The lowest BCUT2D eigenvalue weighted by Crippen LogP contribution is -2.48. The average Bonchev–Trinajstić information content (AvgIpc) is 3.65. The fraction of sp³-hybridized carbons (Fsp3) is 0.300. The maximum atomic E-state index is 13.5. The molecule has 1 saturated heterocycles. The highest BCUT2D eigenvalue weighted by Gasteiger charge is 2.62. The van der Waals surface area contributed by atoms with Crippen LogP contribution in [0.1, 0.15) is 34.2 Å². The van der Waals surface area contributed by atoms with Gasteiger partial charge >= 0.3 is 12.2 Å². The Morgan fingerprint density at radius 3 is 2.55 bits per heavy atom. The Bertz CT molecular complexity index is 1710. The number of carbonyl (C=O) groups excluding carboxylic acids is 4. The normalized spacial score (nSPS) is 23.9. The van der Waals surface area contributed by atoms with Gasteiger partial charge in [0.1, 0.15) is 18.9 Å². The van der Waals surface area contributed by atoms with Crippen LogP contribution in [0.3, 0.4) is 0 Å². The molecular formula is C30H24F3N5O4. The van der Waals surface area contributed by atoms with Crippen LogP contribution in [0.4, 0.5) is 29.5 Å². The molecule has 0 bridgehead atoms. The van der Waals surface area contributed by atoms with E-state index in [0.717, 1.165) is 27.2 Å². The van der Waals surface area contributed by atoms with Crippen molar-refractivity contribution in [2.45, 2.75) is 42.8 Å². The number of hydrogen-bond acceptors (Lipinski definition) is 5. The molecule has 214 valence electrons. The maximum Gasteiger partial charge on any atom is 0.406 e. The number of aryl methyl sites for hydroxylation is 1. The number of nitrogens with one attached hydrogen (secondary N) is 2. The van der Waals surface area contributed by atoms with Crippen LogP contribution in [-0.4, -0.2) is 57.8 Å². The van der Waals surface area contributed by atoms with Crippen molar-refractivity contribution in [3.63, 3.8) is 0 Å². The lowest BCUT2D eigenvalue weighted by molar-refractivity contribution is -0.155. The van der Waals surface area contributed by atoms with Crippen LogP contribution in [-0.2, 0) is 44.6 Å². The molecule has 5 amide bonds. The van der Waals surface area contributed by atoms with Crippen LogP contribution in [0.5, 0.6) is 0 Å². The first-order valence-corrected chi connectivity index (χ1v) is 13.5. The lowest BCUT2D eigenvalue weighted by Gasteiger charge is -2.32. The summed E-state index contributed by atoms with van der Waals surface area (Å²) in [5, 5.41) is 5.59. The van der Waals surface area contributed by atoms with Crippen molar-refractivity contribution in [3.05, 3.63) is 88.6 Å². The first-order chi connectivity index (χ1) is 20.0. The Labute approximate surface area is 237 Å². The Hall–Kier alpha value is -4.74. The van der Waals surface area contributed by atoms with Gasteiger partial charge in [-0.25, -0.2) is 9.78 Å². The summed E-state index contributed by atoms with van der Waals surface area (Å²) in [6, 6.07) is 14.6. The van der Waals surface area contributed by atoms with Gasteiger partial charge in [0.25, 0.3) is 5.91 Å². The second-order valence-corrected chi connectivity index (χ2v) is 11.2. The molecule has 2 aromatic carbocycles. The fourth-order valence-electron chi connectivity index (χ4n) is 7.04. The number of fused-ring (bicyclic) bond motifs is 5. The van der Waals surface area contributed by atoms with Gasteiger partial charge in [0.05, 0.1) is 5.41 Å². The topological polar surface area (TPSA) is 112 Å². The molecule has 3 aromatic rings.